The molecule has 0 unspecified atom stereocenters. The van der Waals surface area contributed by atoms with Gasteiger partial charge in [-0.15, -0.1) is 0 Å². The van der Waals surface area contributed by atoms with Gasteiger partial charge in [-0.3, -0.25) is 0 Å². The molecule has 0 aliphatic rings. The molecule has 0 heterocycles. The predicted molar refractivity (Wildman–Crippen MR) is 107 cm³/mol. The van der Waals surface area contributed by atoms with Crippen LogP contribution in [0.4, 0.5) is 0 Å². The summed E-state index contributed by atoms with van der Waals surface area (Å²) < 4.78 is 8.56. The van der Waals surface area contributed by atoms with Crippen molar-refractivity contribution in [2.75, 3.05) is 14.1 Å². The highest BCUT2D eigenvalue weighted by Gasteiger charge is 2.25. The SMILES string of the molecule is C=C(C)c1ccc([Si](c2ccccc2OC(C)(C)C)N(C)C)cc1. The zero-order chi connectivity index (χ0) is 17.9. The number of hydrogen-bond acceptors (Lipinski definition) is 2. The van der Waals surface area contributed by atoms with E-state index in [4.69, 9.17) is 4.74 Å². The second-order valence-electron chi connectivity index (χ2n) is 7.31. The average Bonchev–Trinajstić information content (AvgIpc) is 2.48. The summed E-state index contributed by atoms with van der Waals surface area (Å²) in [5, 5.41) is 2.63. The highest BCUT2D eigenvalue weighted by atomic mass is 28.3. The summed E-state index contributed by atoms with van der Waals surface area (Å²) in [6, 6.07) is 17.2. The van der Waals surface area contributed by atoms with Gasteiger partial charge >= 0.3 is 0 Å². The molecule has 3 heteroatoms. The third-order valence-corrected chi connectivity index (χ3v) is 6.35. The maximum Gasteiger partial charge on any atom is 0.212 e. The zero-order valence-corrected chi connectivity index (χ0v) is 16.7. The first-order valence-corrected chi connectivity index (χ1v) is 9.73. The van der Waals surface area contributed by atoms with Gasteiger partial charge in [-0.05, 0) is 58.6 Å². The van der Waals surface area contributed by atoms with E-state index in [1.54, 1.807) is 0 Å². The van der Waals surface area contributed by atoms with Crippen LogP contribution < -0.4 is 15.1 Å². The van der Waals surface area contributed by atoms with Gasteiger partial charge in [-0.25, -0.2) is 0 Å². The lowest BCUT2D eigenvalue weighted by molar-refractivity contribution is 0.132. The highest BCUT2D eigenvalue weighted by Crippen LogP contribution is 2.17. The molecule has 0 fully saturated rings. The molecule has 0 aliphatic heterocycles. The maximum atomic E-state index is 6.23. The highest BCUT2D eigenvalue weighted by molar-refractivity contribution is 6.83. The lowest BCUT2D eigenvalue weighted by atomic mass is 10.1. The Bertz CT molecular complexity index is 699. The van der Waals surface area contributed by atoms with Crippen LogP contribution in [0.3, 0.4) is 0 Å². The van der Waals surface area contributed by atoms with E-state index in [1.807, 2.05) is 13.0 Å². The molecule has 1 radical (unpaired) electrons. The third-order valence-electron chi connectivity index (χ3n) is 3.66. The molecule has 0 aromatic heterocycles. The fourth-order valence-electron chi connectivity index (χ4n) is 2.65. The number of ether oxygens (including phenoxy) is 1. The first kappa shape index (κ1) is 18.5. The van der Waals surface area contributed by atoms with Crippen molar-refractivity contribution in [3.8, 4) is 5.75 Å². The molecule has 2 aromatic rings. The summed E-state index contributed by atoms with van der Waals surface area (Å²) in [6.07, 6.45) is 0. The second-order valence-corrected chi connectivity index (χ2v) is 10.0. The molecule has 24 heavy (non-hydrogen) atoms. The van der Waals surface area contributed by atoms with E-state index in [0.29, 0.717) is 0 Å². The largest absolute Gasteiger partial charge is 0.488 e. The van der Waals surface area contributed by atoms with Gasteiger partial charge in [0, 0.05) is 5.19 Å². The Morgan fingerprint density at radius 1 is 1.00 bits per heavy atom. The van der Waals surface area contributed by atoms with Crippen molar-refractivity contribution in [1.29, 1.82) is 0 Å². The van der Waals surface area contributed by atoms with Gasteiger partial charge in [0.25, 0.3) is 0 Å². The van der Waals surface area contributed by atoms with Gasteiger partial charge < -0.3 is 9.30 Å². The van der Waals surface area contributed by atoms with E-state index in [1.165, 1.54) is 15.9 Å². The summed E-state index contributed by atoms with van der Waals surface area (Å²) in [5.41, 5.74) is 2.08. The van der Waals surface area contributed by atoms with E-state index in [2.05, 4.69) is 88.5 Å². The Morgan fingerprint density at radius 3 is 2.08 bits per heavy atom. The molecule has 127 valence electrons. The Labute approximate surface area is 148 Å². The minimum Gasteiger partial charge on any atom is -0.488 e. The molecule has 0 atom stereocenters. The molecule has 0 amide bonds. The molecule has 0 spiro atoms. The van der Waals surface area contributed by atoms with Crippen LogP contribution in [0.15, 0.2) is 55.1 Å². The molecule has 0 saturated heterocycles. The zero-order valence-electron chi connectivity index (χ0n) is 15.7. The van der Waals surface area contributed by atoms with E-state index in [-0.39, 0.29) is 5.60 Å². The Hall–Kier alpha value is -1.84. The van der Waals surface area contributed by atoms with Crippen LogP contribution in [0.25, 0.3) is 5.57 Å². The fourth-order valence-corrected chi connectivity index (χ4v) is 5.06. The minimum absolute atomic E-state index is 0.209. The lowest BCUT2D eigenvalue weighted by Crippen LogP contribution is -2.54. The quantitative estimate of drug-likeness (QED) is 0.773. The standard InChI is InChI=1S/C21H28NOSi/c1-16(2)17-12-14-18(15-13-17)24(22(6)7)20-11-9-8-10-19(20)23-21(3,4)5/h8-15H,1H2,2-7H3. The number of benzene rings is 2. The lowest BCUT2D eigenvalue weighted by Gasteiger charge is -2.28. The van der Waals surface area contributed by atoms with Crippen molar-refractivity contribution in [3.05, 3.63) is 60.7 Å². The maximum absolute atomic E-state index is 6.23. The minimum atomic E-state index is -1.08. The van der Waals surface area contributed by atoms with Crippen LogP contribution in [-0.2, 0) is 0 Å². The van der Waals surface area contributed by atoms with Gasteiger partial charge in [-0.1, -0.05) is 54.6 Å². The van der Waals surface area contributed by atoms with Crippen molar-refractivity contribution in [3.63, 3.8) is 0 Å². The van der Waals surface area contributed by atoms with Gasteiger partial charge in [0.15, 0.2) is 0 Å². The van der Waals surface area contributed by atoms with Crippen LogP contribution in [0.5, 0.6) is 5.75 Å². The van der Waals surface area contributed by atoms with Crippen molar-refractivity contribution in [2.45, 2.75) is 33.3 Å². The van der Waals surface area contributed by atoms with Crippen molar-refractivity contribution >= 4 is 24.9 Å². The first-order valence-electron chi connectivity index (χ1n) is 8.28. The van der Waals surface area contributed by atoms with E-state index >= 15 is 0 Å². The van der Waals surface area contributed by atoms with Gasteiger partial charge in [0.05, 0.1) is 0 Å². The predicted octanol–water partition coefficient (Wildman–Crippen LogP) is 3.56. The number of nitrogens with zero attached hydrogens (tertiary/aromatic N) is 1. The van der Waals surface area contributed by atoms with Crippen LogP contribution in [0.2, 0.25) is 0 Å². The van der Waals surface area contributed by atoms with Crippen molar-refractivity contribution in [1.82, 2.24) is 4.57 Å². The normalized spacial score (nSPS) is 11.8. The smallest absolute Gasteiger partial charge is 0.212 e. The van der Waals surface area contributed by atoms with E-state index in [9.17, 15) is 0 Å². The van der Waals surface area contributed by atoms with Crippen molar-refractivity contribution < 1.29 is 4.74 Å². The molecule has 2 rings (SSSR count). The van der Waals surface area contributed by atoms with E-state index in [0.717, 1.165) is 11.3 Å². The summed E-state index contributed by atoms with van der Waals surface area (Å²) in [4.78, 5) is 0. The third kappa shape index (κ3) is 4.59. The van der Waals surface area contributed by atoms with Crippen molar-refractivity contribution in [2.24, 2.45) is 0 Å². The summed E-state index contributed by atoms with van der Waals surface area (Å²) in [6.45, 7) is 12.3. The van der Waals surface area contributed by atoms with Crippen LogP contribution in [0, 0.1) is 0 Å². The molecule has 0 N–H and O–H groups in total. The second kappa shape index (κ2) is 7.37. The molecule has 0 bridgehead atoms. The molecule has 0 saturated carbocycles. The van der Waals surface area contributed by atoms with Crippen LogP contribution in [-0.4, -0.2) is 33.2 Å². The van der Waals surface area contributed by atoms with E-state index < -0.39 is 8.96 Å². The first-order chi connectivity index (χ1) is 11.2. The number of rotatable bonds is 5. The van der Waals surface area contributed by atoms with Gasteiger partial charge in [0.2, 0.25) is 8.96 Å². The Balaban J connectivity index is 2.47. The topological polar surface area (TPSA) is 12.5 Å². The summed E-state index contributed by atoms with van der Waals surface area (Å²) in [7, 11) is 3.21. The Morgan fingerprint density at radius 2 is 1.58 bits per heavy atom. The van der Waals surface area contributed by atoms with Crippen LogP contribution in [0.1, 0.15) is 33.3 Å². The summed E-state index contributed by atoms with van der Waals surface area (Å²) >= 11 is 0. The van der Waals surface area contributed by atoms with Gasteiger partial charge in [0.1, 0.15) is 11.4 Å². The monoisotopic (exact) mass is 338 g/mol. The van der Waals surface area contributed by atoms with Gasteiger partial charge in [-0.2, -0.15) is 0 Å². The molecular formula is C21H28NOSi. The molecular weight excluding hydrogens is 310 g/mol. The average molecular weight is 339 g/mol. The summed E-state index contributed by atoms with van der Waals surface area (Å²) in [5.74, 6) is 0.983. The molecule has 2 aromatic carbocycles. The molecule has 2 nitrogen and oxygen atoms in total. The number of allylic oxidation sites excluding steroid dienone is 1. The molecule has 0 aliphatic carbocycles. The number of para-hydroxylation sites is 1. The number of hydrogen-bond donors (Lipinski definition) is 0. The van der Waals surface area contributed by atoms with Crippen LogP contribution >= 0.6 is 0 Å². The Kier molecular flexibility index (Phi) is 5.68. The fraction of sp³-hybridized carbons (Fsp3) is 0.333.